The van der Waals surface area contributed by atoms with Crippen LogP contribution in [0.25, 0.3) is 27.5 Å². The standard InChI is InChI=1S/C24H23N3/c1-2-19-17-25-24-23-21(14-16-26(19)24)20-12-6-7-13-22(20)27(23)15-8-11-18-9-4-3-5-10-18/h3-7,9-10,12-14,16-17H,2,8,11,15H2,1H3. The Morgan fingerprint density at radius 3 is 2.56 bits per heavy atom. The molecule has 0 bridgehead atoms. The molecule has 0 atom stereocenters. The van der Waals surface area contributed by atoms with Gasteiger partial charge in [-0.05, 0) is 37.0 Å². The van der Waals surface area contributed by atoms with Crippen molar-refractivity contribution in [3.05, 3.63) is 84.3 Å². The molecule has 0 aliphatic rings. The minimum absolute atomic E-state index is 0.987. The molecule has 3 aromatic heterocycles. The smallest absolute Gasteiger partial charge is 0.161 e. The second-order valence-corrected chi connectivity index (χ2v) is 7.13. The monoisotopic (exact) mass is 353 g/mol. The SMILES string of the molecule is CCc1cnc2c3c(ccn12)c1ccccc1n3CCCc1ccccc1. The van der Waals surface area contributed by atoms with Gasteiger partial charge in [0, 0.05) is 40.9 Å². The van der Waals surface area contributed by atoms with E-state index in [1.165, 1.54) is 33.1 Å². The van der Waals surface area contributed by atoms with Crippen LogP contribution < -0.4 is 0 Å². The van der Waals surface area contributed by atoms with Crippen LogP contribution in [-0.2, 0) is 19.4 Å². The Balaban J connectivity index is 1.64. The van der Waals surface area contributed by atoms with Crippen molar-refractivity contribution in [1.82, 2.24) is 14.0 Å². The Kier molecular flexibility index (Phi) is 3.93. The summed E-state index contributed by atoms with van der Waals surface area (Å²) in [6.45, 7) is 3.18. The summed E-state index contributed by atoms with van der Waals surface area (Å²) in [5.74, 6) is 0. The van der Waals surface area contributed by atoms with Gasteiger partial charge in [-0.25, -0.2) is 4.98 Å². The number of rotatable bonds is 5. The molecule has 0 saturated heterocycles. The first kappa shape index (κ1) is 16.1. The Hall–Kier alpha value is -3.07. The third-order valence-corrected chi connectivity index (χ3v) is 5.54. The summed E-state index contributed by atoms with van der Waals surface area (Å²) in [4.78, 5) is 4.78. The molecule has 3 heterocycles. The summed E-state index contributed by atoms with van der Waals surface area (Å²) in [7, 11) is 0. The average molecular weight is 353 g/mol. The van der Waals surface area contributed by atoms with E-state index in [4.69, 9.17) is 4.98 Å². The van der Waals surface area contributed by atoms with E-state index in [1.54, 1.807) is 0 Å². The highest BCUT2D eigenvalue weighted by Gasteiger charge is 2.15. The molecule has 27 heavy (non-hydrogen) atoms. The fourth-order valence-corrected chi connectivity index (χ4v) is 4.21. The van der Waals surface area contributed by atoms with E-state index in [1.807, 2.05) is 6.20 Å². The van der Waals surface area contributed by atoms with E-state index in [9.17, 15) is 0 Å². The van der Waals surface area contributed by atoms with Crippen LogP contribution in [0.3, 0.4) is 0 Å². The van der Waals surface area contributed by atoms with Crippen molar-refractivity contribution >= 4 is 27.5 Å². The second-order valence-electron chi connectivity index (χ2n) is 7.13. The summed E-state index contributed by atoms with van der Waals surface area (Å²) >= 11 is 0. The number of imidazole rings is 1. The van der Waals surface area contributed by atoms with Gasteiger partial charge in [-0.1, -0.05) is 55.5 Å². The summed E-state index contributed by atoms with van der Waals surface area (Å²) in [6.07, 6.45) is 7.37. The van der Waals surface area contributed by atoms with E-state index >= 15 is 0 Å². The lowest BCUT2D eigenvalue weighted by molar-refractivity contribution is 0.678. The third-order valence-electron chi connectivity index (χ3n) is 5.54. The molecule has 0 aliphatic carbocycles. The average Bonchev–Trinajstić information content (AvgIpc) is 3.28. The molecule has 0 aliphatic heterocycles. The highest BCUT2D eigenvalue weighted by atomic mass is 15.1. The van der Waals surface area contributed by atoms with Gasteiger partial charge in [-0.2, -0.15) is 0 Å². The van der Waals surface area contributed by atoms with Crippen molar-refractivity contribution in [1.29, 1.82) is 0 Å². The Bertz CT molecular complexity index is 1230. The number of pyridine rings is 1. The van der Waals surface area contributed by atoms with Gasteiger partial charge in [-0.3, -0.25) is 0 Å². The van der Waals surface area contributed by atoms with Crippen LogP contribution in [0.4, 0.5) is 0 Å². The van der Waals surface area contributed by atoms with E-state index in [2.05, 4.69) is 82.8 Å². The molecule has 0 amide bonds. The number of hydrogen-bond donors (Lipinski definition) is 0. The van der Waals surface area contributed by atoms with Crippen LogP contribution in [-0.4, -0.2) is 14.0 Å². The minimum Gasteiger partial charge on any atom is -0.337 e. The highest BCUT2D eigenvalue weighted by Crippen LogP contribution is 2.32. The van der Waals surface area contributed by atoms with Crippen LogP contribution >= 0.6 is 0 Å². The lowest BCUT2D eigenvalue weighted by atomic mass is 10.1. The summed E-state index contributed by atoms with van der Waals surface area (Å²) < 4.78 is 4.71. The van der Waals surface area contributed by atoms with Gasteiger partial charge in [-0.15, -0.1) is 0 Å². The number of hydrogen-bond acceptors (Lipinski definition) is 1. The zero-order chi connectivity index (χ0) is 18.2. The van der Waals surface area contributed by atoms with Crippen LogP contribution in [0.15, 0.2) is 73.1 Å². The highest BCUT2D eigenvalue weighted by molar-refractivity contribution is 6.12. The van der Waals surface area contributed by atoms with Gasteiger partial charge in [0.05, 0.1) is 5.52 Å². The van der Waals surface area contributed by atoms with Gasteiger partial charge in [0.15, 0.2) is 5.65 Å². The van der Waals surface area contributed by atoms with E-state index in [0.717, 1.165) is 31.5 Å². The van der Waals surface area contributed by atoms with Crippen LogP contribution in [0.2, 0.25) is 0 Å². The maximum atomic E-state index is 4.78. The van der Waals surface area contributed by atoms with Crippen molar-refractivity contribution in [3.63, 3.8) is 0 Å². The van der Waals surface area contributed by atoms with Crippen LogP contribution in [0, 0.1) is 0 Å². The molecule has 5 aromatic rings. The van der Waals surface area contributed by atoms with Crippen molar-refractivity contribution in [2.75, 3.05) is 0 Å². The lowest BCUT2D eigenvalue weighted by Gasteiger charge is -2.09. The van der Waals surface area contributed by atoms with Gasteiger partial charge in [0.1, 0.15) is 0 Å². The van der Waals surface area contributed by atoms with Crippen molar-refractivity contribution < 1.29 is 0 Å². The Morgan fingerprint density at radius 2 is 1.70 bits per heavy atom. The quantitative estimate of drug-likeness (QED) is 0.401. The molecule has 0 fully saturated rings. The Morgan fingerprint density at radius 1 is 0.889 bits per heavy atom. The first-order chi connectivity index (χ1) is 13.4. The molecule has 3 heteroatoms. The molecule has 5 rings (SSSR count). The topological polar surface area (TPSA) is 22.2 Å². The summed E-state index contributed by atoms with van der Waals surface area (Å²) in [5, 5.41) is 2.61. The fraction of sp³-hybridized carbons (Fsp3) is 0.208. The fourth-order valence-electron chi connectivity index (χ4n) is 4.21. The maximum absolute atomic E-state index is 4.78. The second kappa shape index (κ2) is 6.58. The normalized spacial score (nSPS) is 11.7. The number of nitrogens with zero attached hydrogens (tertiary/aromatic N) is 3. The molecule has 0 radical (unpaired) electrons. The first-order valence-electron chi connectivity index (χ1n) is 9.76. The Labute approximate surface area is 158 Å². The van der Waals surface area contributed by atoms with Gasteiger partial charge in [0.25, 0.3) is 0 Å². The molecule has 0 unspecified atom stereocenters. The number of fused-ring (bicyclic) bond motifs is 5. The molecular weight excluding hydrogens is 330 g/mol. The zero-order valence-electron chi connectivity index (χ0n) is 15.6. The molecule has 134 valence electrons. The van der Waals surface area contributed by atoms with Crippen LogP contribution in [0.1, 0.15) is 24.6 Å². The molecule has 0 spiro atoms. The number of para-hydroxylation sites is 1. The number of aryl methyl sites for hydroxylation is 3. The largest absolute Gasteiger partial charge is 0.337 e. The number of benzene rings is 2. The van der Waals surface area contributed by atoms with Crippen molar-refractivity contribution in [2.24, 2.45) is 0 Å². The summed E-state index contributed by atoms with van der Waals surface area (Å²) in [5.41, 5.74) is 6.28. The van der Waals surface area contributed by atoms with Gasteiger partial charge in [0.2, 0.25) is 0 Å². The molecule has 2 aromatic carbocycles. The third kappa shape index (κ3) is 2.62. The minimum atomic E-state index is 0.987. The lowest BCUT2D eigenvalue weighted by Crippen LogP contribution is -2.01. The van der Waals surface area contributed by atoms with Crippen molar-refractivity contribution in [3.8, 4) is 0 Å². The molecular formula is C24H23N3. The van der Waals surface area contributed by atoms with Crippen molar-refractivity contribution in [2.45, 2.75) is 32.7 Å². The van der Waals surface area contributed by atoms with Crippen LogP contribution in [0.5, 0.6) is 0 Å². The van der Waals surface area contributed by atoms with E-state index in [0.29, 0.717) is 0 Å². The predicted molar refractivity (Wildman–Crippen MR) is 112 cm³/mol. The van der Waals surface area contributed by atoms with E-state index in [-0.39, 0.29) is 0 Å². The summed E-state index contributed by atoms with van der Waals surface area (Å²) in [6, 6.07) is 21.7. The maximum Gasteiger partial charge on any atom is 0.161 e. The number of aromatic nitrogens is 3. The van der Waals surface area contributed by atoms with E-state index < -0.39 is 0 Å². The first-order valence-corrected chi connectivity index (χ1v) is 9.76. The van der Waals surface area contributed by atoms with Gasteiger partial charge >= 0.3 is 0 Å². The molecule has 0 saturated carbocycles. The zero-order valence-corrected chi connectivity index (χ0v) is 15.6. The molecule has 0 N–H and O–H groups in total. The predicted octanol–water partition coefficient (Wildman–Crippen LogP) is 5.64. The molecule has 3 nitrogen and oxygen atoms in total. The van der Waals surface area contributed by atoms with Gasteiger partial charge < -0.3 is 8.97 Å².